The molecular formula is C21H23N3O2S. The van der Waals surface area contributed by atoms with Gasteiger partial charge < -0.3 is 10.2 Å². The molecule has 1 fully saturated rings. The van der Waals surface area contributed by atoms with Gasteiger partial charge in [0.05, 0.1) is 12.2 Å². The fourth-order valence-electron chi connectivity index (χ4n) is 3.96. The molecule has 140 valence electrons. The summed E-state index contributed by atoms with van der Waals surface area (Å²) in [7, 11) is 0. The molecule has 1 N–H and O–H groups in total. The maximum atomic E-state index is 13.7. The number of carbonyl (C=O) groups excluding carboxylic acids is 2. The van der Waals surface area contributed by atoms with E-state index >= 15 is 0 Å². The van der Waals surface area contributed by atoms with Gasteiger partial charge in [-0.1, -0.05) is 48.0 Å². The Morgan fingerprint density at radius 1 is 1.22 bits per heavy atom. The van der Waals surface area contributed by atoms with Crippen LogP contribution in [0.5, 0.6) is 0 Å². The van der Waals surface area contributed by atoms with Crippen LogP contribution in [0.25, 0.3) is 0 Å². The summed E-state index contributed by atoms with van der Waals surface area (Å²) in [4.78, 5) is 29.0. The molecule has 0 radical (unpaired) electrons. The SMILES string of the molecule is CCNC(=O)N1CCSC12C(=O)N(Cc1cccc(C)c1)c1ccccc12. The molecule has 2 aliphatic heterocycles. The number of hydrogen-bond acceptors (Lipinski definition) is 3. The van der Waals surface area contributed by atoms with Crippen molar-refractivity contribution in [1.82, 2.24) is 10.2 Å². The fraction of sp³-hybridized carbons (Fsp3) is 0.333. The molecule has 3 amide bonds. The predicted octanol–water partition coefficient (Wildman–Crippen LogP) is 3.47. The molecule has 2 heterocycles. The van der Waals surface area contributed by atoms with E-state index in [1.165, 1.54) is 5.56 Å². The molecule has 4 rings (SSSR count). The molecule has 0 aliphatic carbocycles. The second-order valence-corrected chi connectivity index (χ2v) is 8.16. The van der Waals surface area contributed by atoms with E-state index in [1.54, 1.807) is 16.7 Å². The van der Waals surface area contributed by atoms with Crippen molar-refractivity contribution < 1.29 is 9.59 Å². The Kier molecular flexibility index (Phi) is 4.60. The zero-order chi connectivity index (χ0) is 19.0. The van der Waals surface area contributed by atoms with Gasteiger partial charge >= 0.3 is 6.03 Å². The lowest BCUT2D eigenvalue weighted by Gasteiger charge is -2.33. The van der Waals surface area contributed by atoms with Crippen LogP contribution in [-0.4, -0.2) is 35.7 Å². The van der Waals surface area contributed by atoms with Crippen molar-refractivity contribution in [2.45, 2.75) is 25.3 Å². The lowest BCUT2D eigenvalue weighted by Crippen LogP contribution is -2.53. The van der Waals surface area contributed by atoms with E-state index in [9.17, 15) is 9.59 Å². The minimum absolute atomic E-state index is 0.0287. The molecule has 6 heteroatoms. The molecule has 0 saturated carbocycles. The molecule has 1 spiro atoms. The van der Waals surface area contributed by atoms with Crippen LogP contribution >= 0.6 is 11.8 Å². The van der Waals surface area contributed by atoms with E-state index in [4.69, 9.17) is 0 Å². The van der Waals surface area contributed by atoms with Crippen molar-refractivity contribution in [3.63, 3.8) is 0 Å². The number of anilines is 1. The molecule has 1 unspecified atom stereocenters. The summed E-state index contributed by atoms with van der Waals surface area (Å²) in [5, 5.41) is 2.86. The van der Waals surface area contributed by atoms with E-state index in [0.29, 0.717) is 19.6 Å². The van der Waals surface area contributed by atoms with Crippen LogP contribution < -0.4 is 10.2 Å². The van der Waals surface area contributed by atoms with Crippen molar-refractivity contribution in [3.05, 3.63) is 65.2 Å². The van der Waals surface area contributed by atoms with Gasteiger partial charge in [0, 0.05) is 24.4 Å². The van der Waals surface area contributed by atoms with Gasteiger partial charge in [0.15, 0.2) is 4.87 Å². The third-order valence-electron chi connectivity index (χ3n) is 5.10. The first kappa shape index (κ1) is 17.9. The summed E-state index contributed by atoms with van der Waals surface area (Å²) in [6.07, 6.45) is 0. The van der Waals surface area contributed by atoms with Crippen molar-refractivity contribution in [2.24, 2.45) is 0 Å². The van der Waals surface area contributed by atoms with Gasteiger partial charge in [-0.15, -0.1) is 11.8 Å². The molecule has 0 bridgehead atoms. The Morgan fingerprint density at radius 3 is 2.81 bits per heavy atom. The molecule has 2 aliphatic rings. The average molecular weight is 382 g/mol. The number of aryl methyl sites for hydroxylation is 1. The Bertz CT molecular complexity index is 901. The van der Waals surface area contributed by atoms with E-state index < -0.39 is 4.87 Å². The predicted molar refractivity (Wildman–Crippen MR) is 109 cm³/mol. The van der Waals surface area contributed by atoms with Gasteiger partial charge in [0.1, 0.15) is 0 Å². The molecule has 2 aromatic rings. The molecule has 1 saturated heterocycles. The molecule has 1 atom stereocenters. The highest BCUT2D eigenvalue weighted by Crippen LogP contribution is 2.54. The van der Waals surface area contributed by atoms with Crippen molar-refractivity contribution in [2.75, 3.05) is 23.7 Å². The summed E-state index contributed by atoms with van der Waals surface area (Å²) in [5.74, 6) is 0.717. The molecule has 27 heavy (non-hydrogen) atoms. The first-order chi connectivity index (χ1) is 13.1. The second-order valence-electron chi connectivity index (χ2n) is 6.88. The Labute approximate surface area is 163 Å². The van der Waals surface area contributed by atoms with Crippen LogP contribution in [0.15, 0.2) is 48.5 Å². The summed E-state index contributed by atoms with van der Waals surface area (Å²) in [6.45, 7) is 5.55. The maximum Gasteiger partial charge on any atom is 0.319 e. The molecular weight excluding hydrogens is 358 g/mol. The zero-order valence-electron chi connectivity index (χ0n) is 15.6. The van der Waals surface area contributed by atoms with Crippen LogP contribution in [-0.2, 0) is 16.2 Å². The lowest BCUT2D eigenvalue weighted by atomic mass is 10.1. The first-order valence-electron chi connectivity index (χ1n) is 9.24. The van der Waals surface area contributed by atoms with Crippen LogP contribution in [0, 0.1) is 6.92 Å². The summed E-state index contributed by atoms with van der Waals surface area (Å²) in [6, 6.07) is 15.9. The third-order valence-corrected chi connectivity index (χ3v) is 6.52. The highest BCUT2D eigenvalue weighted by atomic mass is 32.2. The number of para-hydroxylation sites is 1. The number of thioether (sulfide) groups is 1. The number of urea groups is 1. The summed E-state index contributed by atoms with van der Waals surface area (Å²) in [5.41, 5.74) is 4.06. The largest absolute Gasteiger partial charge is 0.338 e. The minimum atomic E-state index is -0.959. The summed E-state index contributed by atoms with van der Waals surface area (Å²) < 4.78 is 0. The number of benzene rings is 2. The summed E-state index contributed by atoms with van der Waals surface area (Å²) >= 11 is 1.56. The number of nitrogens with zero attached hydrogens (tertiary/aromatic N) is 2. The lowest BCUT2D eigenvalue weighted by molar-refractivity contribution is -0.123. The van der Waals surface area contributed by atoms with Crippen LogP contribution in [0.4, 0.5) is 10.5 Å². The Morgan fingerprint density at radius 2 is 2.04 bits per heavy atom. The van der Waals surface area contributed by atoms with Crippen molar-refractivity contribution in [3.8, 4) is 0 Å². The molecule has 2 aromatic carbocycles. The van der Waals surface area contributed by atoms with Gasteiger partial charge in [-0.3, -0.25) is 9.69 Å². The van der Waals surface area contributed by atoms with Gasteiger partial charge in [0.25, 0.3) is 5.91 Å². The van der Waals surface area contributed by atoms with Crippen molar-refractivity contribution in [1.29, 1.82) is 0 Å². The van der Waals surface area contributed by atoms with Crippen LogP contribution in [0.2, 0.25) is 0 Å². The van der Waals surface area contributed by atoms with Gasteiger partial charge in [-0.2, -0.15) is 0 Å². The first-order valence-corrected chi connectivity index (χ1v) is 10.2. The van der Waals surface area contributed by atoms with E-state index in [2.05, 4.69) is 11.4 Å². The monoisotopic (exact) mass is 381 g/mol. The number of fused-ring (bicyclic) bond motifs is 2. The third kappa shape index (κ3) is 2.79. The topological polar surface area (TPSA) is 52.7 Å². The zero-order valence-corrected chi connectivity index (χ0v) is 16.4. The van der Waals surface area contributed by atoms with E-state index in [0.717, 1.165) is 22.6 Å². The minimum Gasteiger partial charge on any atom is -0.338 e. The smallest absolute Gasteiger partial charge is 0.319 e. The van der Waals surface area contributed by atoms with Crippen LogP contribution in [0.1, 0.15) is 23.6 Å². The van der Waals surface area contributed by atoms with Crippen LogP contribution in [0.3, 0.4) is 0 Å². The molecule has 0 aromatic heterocycles. The maximum absolute atomic E-state index is 13.7. The quantitative estimate of drug-likeness (QED) is 0.886. The second kappa shape index (κ2) is 6.93. The average Bonchev–Trinajstić information content (AvgIpc) is 3.20. The standard InChI is InChI=1S/C21H23N3O2S/c1-3-22-20(26)24-11-12-27-21(24)17-9-4-5-10-18(17)23(19(21)25)14-16-8-6-7-15(2)13-16/h4-10,13H,3,11-12,14H2,1-2H3,(H,22,26). The van der Waals surface area contributed by atoms with Crippen molar-refractivity contribution >= 4 is 29.4 Å². The van der Waals surface area contributed by atoms with Gasteiger partial charge in [-0.05, 0) is 25.5 Å². The normalized spacial score (nSPS) is 21.0. The number of hydrogen-bond donors (Lipinski definition) is 1. The highest BCUT2D eigenvalue weighted by molar-refractivity contribution is 8.01. The van der Waals surface area contributed by atoms with Gasteiger partial charge in [0.2, 0.25) is 0 Å². The number of rotatable bonds is 3. The number of nitrogens with one attached hydrogen (secondary N) is 1. The number of carbonyl (C=O) groups is 2. The Hall–Kier alpha value is -2.47. The fourth-order valence-corrected chi connectivity index (χ4v) is 5.43. The Balaban J connectivity index is 1.77. The highest BCUT2D eigenvalue weighted by Gasteiger charge is 2.59. The van der Waals surface area contributed by atoms with E-state index in [1.807, 2.05) is 61.2 Å². The van der Waals surface area contributed by atoms with Gasteiger partial charge in [-0.25, -0.2) is 4.79 Å². The van der Waals surface area contributed by atoms with E-state index in [-0.39, 0.29) is 11.9 Å². The number of amides is 3. The molecule has 5 nitrogen and oxygen atoms in total.